The highest BCUT2D eigenvalue weighted by atomic mass is 19.1. The zero-order valence-electron chi connectivity index (χ0n) is 10.8. The second-order valence-corrected chi connectivity index (χ2v) is 4.49. The Morgan fingerprint density at radius 2 is 2.10 bits per heavy atom. The van der Waals surface area contributed by atoms with Gasteiger partial charge in [-0.15, -0.1) is 0 Å². The number of amides is 1. The third-order valence-corrected chi connectivity index (χ3v) is 2.76. The van der Waals surface area contributed by atoms with Crippen LogP contribution in [0.1, 0.15) is 17.3 Å². The molecule has 7 heteroatoms. The lowest BCUT2D eigenvalue weighted by molar-refractivity contribution is 0.0936. The number of hydrogen-bond acceptors (Lipinski definition) is 3. The highest BCUT2D eigenvalue weighted by molar-refractivity contribution is 5.94. The van der Waals surface area contributed by atoms with Crippen LogP contribution in [0.3, 0.4) is 0 Å². The highest BCUT2D eigenvalue weighted by Crippen LogP contribution is 2.17. The zero-order valence-corrected chi connectivity index (χ0v) is 10.8. The largest absolute Gasteiger partial charge is 0.394 e. The second-order valence-electron chi connectivity index (χ2n) is 4.49. The van der Waals surface area contributed by atoms with Gasteiger partial charge in [0.05, 0.1) is 6.33 Å². The Labute approximate surface area is 114 Å². The number of carbonyl (C=O) groups is 1. The first kappa shape index (κ1) is 14.0. The van der Waals surface area contributed by atoms with Crippen LogP contribution in [0.2, 0.25) is 0 Å². The Balaban J connectivity index is 2.04. The number of aromatic nitrogens is 2. The molecule has 0 saturated carbocycles. The van der Waals surface area contributed by atoms with Gasteiger partial charge in [0.1, 0.15) is 17.3 Å². The van der Waals surface area contributed by atoms with Crippen molar-refractivity contribution in [3.05, 3.63) is 48.1 Å². The molecule has 1 heterocycles. The molecular weight excluding hydrogens is 266 g/mol. The van der Waals surface area contributed by atoms with E-state index in [0.29, 0.717) is 6.54 Å². The topological polar surface area (TPSA) is 72.9 Å². The van der Waals surface area contributed by atoms with Crippen molar-refractivity contribution in [3.8, 4) is 0 Å². The first-order chi connectivity index (χ1) is 9.47. The van der Waals surface area contributed by atoms with Gasteiger partial charge in [-0.1, -0.05) is 0 Å². The Morgan fingerprint density at radius 3 is 2.65 bits per heavy atom. The van der Waals surface area contributed by atoms with Crippen LogP contribution in [0.5, 0.6) is 0 Å². The van der Waals surface area contributed by atoms with Crippen LogP contribution < -0.4 is 11.1 Å². The maximum Gasteiger partial charge on any atom is 0.251 e. The molecule has 0 aliphatic heterocycles. The average molecular weight is 280 g/mol. The highest BCUT2D eigenvalue weighted by Gasteiger charge is 2.15. The second kappa shape index (κ2) is 5.68. The summed E-state index contributed by atoms with van der Waals surface area (Å²) in [5.74, 6) is -2.45. The number of benzene rings is 1. The molecule has 20 heavy (non-hydrogen) atoms. The summed E-state index contributed by atoms with van der Waals surface area (Å²) in [5, 5.41) is 2.65. The van der Waals surface area contributed by atoms with Gasteiger partial charge in [-0.3, -0.25) is 4.79 Å². The number of nitrogens with two attached hydrogens (primary N) is 1. The van der Waals surface area contributed by atoms with Crippen molar-refractivity contribution in [2.45, 2.75) is 19.5 Å². The molecule has 2 rings (SSSR count). The van der Waals surface area contributed by atoms with E-state index in [1.54, 1.807) is 30.2 Å². The molecule has 0 saturated heterocycles. The molecule has 0 aliphatic carbocycles. The SMILES string of the molecule is CC(Cn1ccnc1)NC(=O)c1cc(F)c(N)c(F)c1. The monoisotopic (exact) mass is 280 g/mol. The van der Waals surface area contributed by atoms with Crippen LogP contribution >= 0.6 is 0 Å². The summed E-state index contributed by atoms with van der Waals surface area (Å²) in [6, 6.07) is 1.61. The number of carbonyl (C=O) groups excluding carboxylic acids is 1. The number of anilines is 1. The minimum absolute atomic E-state index is 0.105. The molecule has 106 valence electrons. The van der Waals surface area contributed by atoms with Gasteiger partial charge in [-0.05, 0) is 19.1 Å². The van der Waals surface area contributed by atoms with Gasteiger partial charge in [-0.2, -0.15) is 0 Å². The number of halogens is 2. The molecular formula is C13H14F2N4O. The van der Waals surface area contributed by atoms with Gasteiger partial charge in [-0.25, -0.2) is 13.8 Å². The molecule has 1 unspecified atom stereocenters. The Bertz CT molecular complexity index is 590. The molecule has 0 bridgehead atoms. The summed E-state index contributed by atoms with van der Waals surface area (Å²) < 4.78 is 28.4. The minimum Gasteiger partial charge on any atom is -0.394 e. The van der Waals surface area contributed by atoms with Crippen LogP contribution in [-0.4, -0.2) is 21.5 Å². The van der Waals surface area contributed by atoms with Crippen molar-refractivity contribution in [1.82, 2.24) is 14.9 Å². The summed E-state index contributed by atoms with van der Waals surface area (Å²) in [7, 11) is 0. The Hall–Kier alpha value is -2.44. The quantitative estimate of drug-likeness (QED) is 0.835. The molecule has 1 aromatic heterocycles. The van der Waals surface area contributed by atoms with Gasteiger partial charge in [0.25, 0.3) is 5.91 Å². The van der Waals surface area contributed by atoms with Gasteiger partial charge in [0.15, 0.2) is 0 Å². The minimum atomic E-state index is -0.947. The number of rotatable bonds is 4. The van der Waals surface area contributed by atoms with E-state index in [-0.39, 0.29) is 11.6 Å². The predicted molar refractivity (Wildman–Crippen MR) is 69.9 cm³/mol. The third kappa shape index (κ3) is 3.11. The third-order valence-electron chi connectivity index (χ3n) is 2.76. The summed E-state index contributed by atoms with van der Waals surface area (Å²) in [4.78, 5) is 15.8. The van der Waals surface area contributed by atoms with Crippen LogP contribution in [0.25, 0.3) is 0 Å². The van der Waals surface area contributed by atoms with Gasteiger partial charge < -0.3 is 15.6 Å². The molecule has 3 N–H and O–H groups in total. The first-order valence-electron chi connectivity index (χ1n) is 5.98. The molecule has 2 aromatic rings. The lowest BCUT2D eigenvalue weighted by atomic mass is 10.1. The number of nitrogens with one attached hydrogen (secondary N) is 1. The summed E-state index contributed by atoms with van der Waals surface area (Å²) in [6.07, 6.45) is 5.00. The molecule has 1 aromatic carbocycles. The van der Waals surface area contributed by atoms with Crippen LogP contribution in [0.4, 0.5) is 14.5 Å². The van der Waals surface area contributed by atoms with Crippen molar-refractivity contribution < 1.29 is 13.6 Å². The fourth-order valence-corrected chi connectivity index (χ4v) is 1.78. The molecule has 0 fully saturated rings. The lowest BCUT2D eigenvalue weighted by Gasteiger charge is -2.14. The van der Waals surface area contributed by atoms with E-state index in [1.165, 1.54) is 0 Å². The van der Waals surface area contributed by atoms with E-state index in [0.717, 1.165) is 12.1 Å². The smallest absolute Gasteiger partial charge is 0.251 e. The summed E-state index contributed by atoms with van der Waals surface area (Å²) >= 11 is 0. The number of hydrogen-bond donors (Lipinski definition) is 2. The average Bonchev–Trinajstić information content (AvgIpc) is 2.87. The van der Waals surface area contributed by atoms with E-state index in [9.17, 15) is 13.6 Å². The van der Waals surface area contributed by atoms with Crippen LogP contribution in [0.15, 0.2) is 30.9 Å². The van der Waals surface area contributed by atoms with E-state index < -0.39 is 23.2 Å². The van der Waals surface area contributed by atoms with Crippen LogP contribution in [0, 0.1) is 11.6 Å². The molecule has 1 atom stereocenters. The number of imidazole rings is 1. The van der Waals surface area contributed by atoms with Gasteiger partial charge in [0.2, 0.25) is 0 Å². The lowest BCUT2D eigenvalue weighted by Crippen LogP contribution is -2.35. The van der Waals surface area contributed by atoms with E-state index >= 15 is 0 Å². The van der Waals surface area contributed by atoms with Gasteiger partial charge >= 0.3 is 0 Å². The van der Waals surface area contributed by atoms with Crippen molar-refractivity contribution in [3.63, 3.8) is 0 Å². The maximum atomic E-state index is 13.3. The fourth-order valence-electron chi connectivity index (χ4n) is 1.78. The van der Waals surface area contributed by atoms with Crippen molar-refractivity contribution in [2.24, 2.45) is 0 Å². The molecule has 0 spiro atoms. The standard InChI is InChI=1S/C13H14F2N4O/c1-8(6-19-3-2-17-7-19)18-13(20)9-4-10(14)12(16)11(15)5-9/h2-5,7-8H,6,16H2,1H3,(H,18,20). The van der Waals surface area contributed by atoms with Crippen molar-refractivity contribution >= 4 is 11.6 Å². The van der Waals surface area contributed by atoms with Crippen molar-refractivity contribution in [2.75, 3.05) is 5.73 Å². The van der Waals surface area contributed by atoms with Crippen molar-refractivity contribution in [1.29, 1.82) is 0 Å². The predicted octanol–water partition coefficient (Wildman–Crippen LogP) is 1.56. The fraction of sp³-hybridized carbons (Fsp3) is 0.231. The van der Waals surface area contributed by atoms with Crippen LogP contribution in [-0.2, 0) is 6.54 Å². The maximum absolute atomic E-state index is 13.3. The molecule has 1 amide bonds. The van der Waals surface area contributed by atoms with E-state index in [1.807, 2.05) is 0 Å². The Kier molecular flexibility index (Phi) is 3.97. The first-order valence-corrected chi connectivity index (χ1v) is 5.98. The number of nitrogen functional groups attached to an aromatic ring is 1. The summed E-state index contributed by atoms with van der Waals surface area (Å²) in [5.41, 5.74) is 4.46. The zero-order chi connectivity index (χ0) is 14.7. The molecule has 0 radical (unpaired) electrons. The molecule has 5 nitrogen and oxygen atoms in total. The molecule has 0 aliphatic rings. The normalized spacial score (nSPS) is 12.2. The summed E-state index contributed by atoms with van der Waals surface area (Å²) in [6.45, 7) is 2.29. The van der Waals surface area contributed by atoms with E-state index in [4.69, 9.17) is 5.73 Å². The number of nitrogens with zero attached hydrogens (tertiary/aromatic N) is 2. The van der Waals surface area contributed by atoms with Gasteiger partial charge in [0, 0.05) is 30.5 Å². The Morgan fingerprint density at radius 1 is 1.45 bits per heavy atom. The van der Waals surface area contributed by atoms with E-state index in [2.05, 4.69) is 10.3 Å².